The van der Waals surface area contributed by atoms with Crippen molar-refractivity contribution in [2.75, 3.05) is 19.6 Å². The highest BCUT2D eigenvalue weighted by molar-refractivity contribution is 5.25. The van der Waals surface area contributed by atoms with E-state index < -0.39 is 0 Å². The number of piperidine rings is 3. The van der Waals surface area contributed by atoms with Crippen LogP contribution in [0.25, 0.3) is 0 Å². The average Bonchev–Trinajstić information content (AvgIpc) is 2.63. The third kappa shape index (κ3) is 2.64. The fraction of sp³-hybridized carbons (Fsp3) is 0.636. The zero-order valence-corrected chi connectivity index (χ0v) is 14.7. The van der Waals surface area contributed by atoms with E-state index in [-0.39, 0.29) is 0 Å². The Bertz CT molecular complexity index is 608. The van der Waals surface area contributed by atoms with E-state index in [0.717, 1.165) is 30.5 Å². The minimum atomic E-state index is 0.720. The normalized spacial score (nSPS) is 36.6. The van der Waals surface area contributed by atoms with Crippen LogP contribution in [0.5, 0.6) is 0 Å². The smallest absolute Gasteiger partial charge is 0.0351 e. The molecular formula is C22H30N2. The predicted octanol–water partition coefficient (Wildman–Crippen LogP) is 4.08. The summed E-state index contributed by atoms with van der Waals surface area (Å²) in [6.07, 6.45) is 11.2. The van der Waals surface area contributed by atoms with E-state index in [9.17, 15) is 0 Å². The predicted molar refractivity (Wildman–Crippen MR) is 98.8 cm³/mol. The van der Waals surface area contributed by atoms with Crippen LogP contribution in [0.2, 0.25) is 0 Å². The molecule has 2 heteroatoms. The van der Waals surface area contributed by atoms with Gasteiger partial charge in [-0.25, -0.2) is 0 Å². The van der Waals surface area contributed by atoms with Gasteiger partial charge in [0.2, 0.25) is 0 Å². The highest BCUT2D eigenvalue weighted by atomic mass is 15.2. The molecule has 2 bridgehead atoms. The summed E-state index contributed by atoms with van der Waals surface area (Å²) in [5.74, 6) is 1.72. The maximum atomic E-state index is 2.85. The summed E-state index contributed by atoms with van der Waals surface area (Å²) in [6.45, 7) is 5.12. The van der Waals surface area contributed by atoms with Gasteiger partial charge in [-0.15, -0.1) is 0 Å². The largest absolute Gasteiger partial charge is 0.299 e. The Hall–Kier alpha value is -1.12. The summed E-state index contributed by atoms with van der Waals surface area (Å²) < 4.78 is 0. The molecule has 2 nitrogen and oxygen atoms in total. The number of hydrogen-bond donors (Lipinski definition) is 0. The maximum absolute atomic E-state index is 2.85. The van der Waals surface area contributed by atoms with Crippen LogP contribution in [0.15, 0.2) is 42.0 Å². The summed E-state index contributed by atoms with van der Waals surface area (Å²) in [6, 6.07) is 12.7. The summed E-state index contributed by atoms with van der Waals surface area (Å²) >= 11 is 0. The van der Waals surface area contributed by atoms with Gasteiger partial charge in [0.25, 0.3) is 0 Å². The molecular weight excluding hydrogens is 292 g/mol. The first-order valence-electron chi connectivity index (χ1n) is 10.1. The van der Waals surface area contributed by atoms with Gasteiger partial charge in [-0.05, 0) is 62.6 Å². The van der Waals surface area contributed by atoms with Crippen molar-refractivity contribution < 1.29 is 0 Å². The van der Waals surface area contributed by atoms with Gasteiger partial charge in [-0.1, -0.05) is 48.4 Å². The van der Waals surface area contributed by atoms with Crippen LogP contribution >= 0.6 is 0 Å². The van der Waals surface area contributed by atoms with Crippen molar-refractivity contribution in [3.63, 3.8) is 0 Å². The standard InChI is InChI=1S/C22H30N2/c1-2-7-17(8-3-1)15-24-12-6-9-18-13-19-14-20(22(18)24)16-23-11-5-4-10-21(19)23/h1-3,7-8,13,19-22H,4-6,9-12,14-16H2/t19-,20-,21+,22+/m0/s1. The zero-order valence-electron chi connectivity index (χ0n) is 14.7. The molecule has 5 rings (SSSR count). The minimum Gasteiger partial charge on any atom is -0.299 e. The van der Waals surface area contributed by atoms with Crippen LogP contribution < -0.4 is 0 Å². The second-order valence-electron chi connectivity index (χ2n) is 8.46. The Labute approximate surface area is 146 Å². The molecule has 24 heavy (non-hydrogen) atoms. The fourth-order valence-corrected chi connectivity index (χ4v) is 6.08. The summed E-state index contributed by atoms with van der Waals surface area (Å²) in [7, 11) is 0. The van der Waals surface area contributed by atoms with Crippen molar-refractivity contribution in [1.29, 1.82) is 0 Å². The number of likely N-dealkylation sites (tertiary alicyclic amines) is 1. The molecule has 4 atom stereocenters. The maximum Gasteiger partial charge on any atom is 0.0351 e. The van der Waals surface area contributed by atoms with Crippen molar-refractivity contribution in [3.8, 4) is 0 Å². The molecule has 3 fully saturated rings. The number of benzene rings is 1. The molecule has 0 saturated carbocycles. The minimum absolute atomic E-state index is 0.720. The van der Waals surface area contributed by atoms with Crippen LogP contribution in [-0.4, -0.2) is 41.5 Å². The molecule has 1 aliphatic carbocycles. The van der Waals surface area contributed by atoms with E-state index in [1.807, 2.05) is 0 Å². The van der Waals surface area contributed by atoms with E-state index in [2.05, 4.69) is 46.2 Å². The van der Waals surface area contributed by atoms with Crippen LogP contribution in [0.1, 0.15) is 44.1 Å². The first-order valence-corrected chi connectivity index (χ1v) is 10.1. The van der Waals surface area contributed by atoms with Gasteiger partial charge in [0.1, 0.15) is 0 Å². The van der Waals surface area contributed by atoms with Crippen molar-refractivity contribution >= 4 is 0 Å². The molecule has 128 valence electrons. The Morgan fingerprint density at radius 1 is 1.00 bits per heavy atom. The molecule has 0 unspecified atom stereocenters. The van der Waals surface area contributed by atoms with Gasteiger partial charge >= 0.3 is 0 Å². The van der Waals surface area contributed by atoms with Crippen molar-refractivity contribution in [2.24, 2.45) is 11.8 Å². The molecule has 0 amide bonds. The lowest BCUT2D eigenvalue weighted by molar-refractivity contribution is -0.00264. The van der Waals surface area contributed by atoms with Crippen LogP contribution in [-0.2, 0) is 6.54 Å². The quantitative estimate of drug-likeness (QED) is 0.757. The zero-order chi connectivity index (χ0) is 15.9. The van der Waals surface area contributed by atoms with E-state index in [4.69, 9.17) is 0 Å². The molecule has 1 aromatic carbocycles. The first kappa shape index (κ1) is 15.2. The molecule has 0 aromatic heterocycles. The Kier molecular flexibility index (Phi) is 3.99. The Balaban J connectivity index is 1.42. The molecule has 0 spiro atoms. The molecule has 3 heterocycles. The van der Waals surface area contributed by atoms with Gasteiger partial charge in [0.05, 0.1) is 0 Å². The van der Waals surface area contributed by atoms with E-state index in [1.54, 1.807) is 5.57 Å². The van der Waals surface area contributed by atoms with Gasteiger partial charge < -0.3 is 0 Å². The van der Waals surface area contributed by atoms with E-state index in [0.29, 0.717) is 0 Å². The van der Waals surface area contributed by atoms with Crippen LogP contribution in [0.3, 0.4) is 0 Å². The average molecular weight is 322 g/mol. The molecule has 0 N–H and O–H groups in total. The summed E-state index contributed by atoms with van der Waals surface area (Å²) in [4.78, 5) is 5.65. The molecule has 1 aromatic rings. The first-order chi connectivity index (χ1) is 11.9. The molecule has 4 aliphatic rings. The number of rotatable bonds is 2. The van der Waals surface area contributed by atoms with Crippen LogP contribution in [0.4, 0.5) is 0 Å². The molecule has 0 radical (unpaired) electrons. The Morgan fingerprint density at radius 3 is 2.83 bits per heavy atom. The van der Waals surface area contributed by atoms with E-state index >= 15 is 0 Å². The third-order valence-electron chi connectivity index (χ3n) is 6.99. The second kappa shape index (κ2) is 6.31. The van der Waals surface area contributed by atoms with Gasteiger partial charge in [-0.2, -0.15) is 0 Å². The van der Waals surface area contributed by atoms with Crippen molar-refractivity contribution in [1.82, 2.24) is 9.80 Å². The SMILES string of the molecule is C1=C2CCCN(Cc3ccccc3)[C@H]2[C@H]2C[C@H]1[C@H]1CCCCN1C2. The van der Waals surface area contributed by atoms with Crippen LogP contribution in [0, 0.1) is 11.8 Å². The van der Waals surface area contributed by atoms with Crippen molar-refractivity contribution in [2.45, 2.75) is 57.2 Å². The van der Waals surface area contributed by atoms with E-state index in [1.165, 1.54) is 63.7 Å². The number of hydrogen-bond acceptors (Lipinski definition) is 2. The molecule has 3 aliphatic heterocycles. The van der Waals surface area contributed by atoms with Crippen molar-refractivity contribution in [3.05, 3.63) is 47.5 Å². The lowest BCUT2D eigenvalue weighted by Gasteiger charge is -2.54. The fourth-order valence-electron chi connectivity index (χ4n) is 6.08. The number of nitrogens with zero attached hydrogens (tertiary/aromatic N) is 2. The van der Waals surface area contributed by atoms with Gasteiger partial charge in [0.15, 0.2) is 0 Å². The highest BCUT2D eigenvalue weighted by Crippen LogP contribution is 2.45. The highest BCUT2D eigenvalue weighted by Gasteiger charge is 2.45. The van der Waals surface area contributed by atoms with Gasteiger partial charge in [0, 0.05) is 25.2 Å². The molecule has 3 saturated heterocycles. The van der Waals surface area contributed by atoms with Gasteiger partial charge in [-0.3, -0.25) is 9.80 Å². The number of fused-ring (bicyclic) bond motifs is 6. The summed E-state index contributed by atoms with van der Waals surface area (Å²) in [5, 5.41) is 0. The topological polar surface area (TPSA) is 6.48 Å². The third-order valence-corrected chi connectivity index (χ3v) is 6.99. The summed E-state index contributed by atoms with van der Waals surface area (Å²) in [5.41, 5.74) is 3.27. The lowest BCUT2D eigenvalue weighted by Crippen LogP contribution is -2.58. The lowest BCUT2D eigenvalue weighted by atomic mass is 9.68. The second-order valence-corrected chi connectivity index (χ2v) is 8.46. The Morgan fingerprint density at radius 2 is 1.92 bits per heavy atom. The monoisotopic (exact) mass is 322 g/mol.